The quantitative estimate of drug-likeness (QED) is 0.741. The van der Waals surface area contributed by atoms with Gasteiger partial charge in [-0.05, 0) is 12.0 Å². The molecule has 0 bridgehead atoms. The molecule has 0 aliphatic heterocycles. The van der Waals surface area contributed by atoms with E-state index in [-0.39, 0.29) is 10.9 Å². The van der Waals surface area contributed by atoms with Gasteiger partial charge in [-0.15, -0.1) is 0 Å². The molecule has 0 radical (unpaired) electrons. The summed E-state index contributed by atoms with van der Waals surface area (Å²) in [4.78, 5) is 0. The summed E-state index contributed by atoms with van der Waals surface area (Å²) in [5, 5.41) is 6.08. The number of nitrogens with zero attached hydrogens (tertiary/aromatic N) is 1. The van der Waals surface area contributed by atoms with Crippen molar-refractivity contribution in [1.29, 1.82) is 0 Å². The zero-order chi connectivity index (χ0) is 9.90. The van der Waals surface area contributed by atoms with Gasteiger partial charge in [0.05, 0.1) is 6.20 Å². The van der Waals surface area contributed by atoms with Gasteiger partial charge < -0.3 is 0 Å². The van der Waals surface area contributed by atoms with Gasteiger partial charge in [0.25, 0.3) is 10.0 Å². The van der Waals surface area contributed by atoms with Crippen molar-refractivity contribution in [2.75, 3.05) is 6.54 Å². The maximum Gasteiger partial charge on any atom is 0.257 e. The highest BCUT2D eigenvalue weighted by atomic mass is 32.2. The molecule has 0 aliphatic carbocycles. The lowest BCUT2D eigenvalue weighted by Crippen LogP contribution is -2.27. The monoisotopic (exact) mass is 203 g/mol. The van der Waals surface area contributed by atoms with Crippen LogP contribution in [0.25, 0.3) is 0 Å². The average molecular weight is 203 g/mol. The first-order chi connectivity index (χ1) is 6.02. The van der Waals surface area contributed by atoms with Gasteiger partial charge >= 0.3 is 0 Å². The molecule has 0 unspecified atom stereocenters. The van der Waals surface area contributed by atoms with Crippen LogP contribution < -0.4 is 4.72 Å². The van der Waals surface area contributed by atoms with Crippen molar-refractivity contribution in [2.24, 2.45) is 5.92 Å². The molecule has 0 atom stereocenters. The van der Waals surface area contributed by atoms with Crippen molar-refractivity contribution in [1.82, 2.24) is 14.9 Å². The fourth-order valence-corrected chi connectivity index (χ4v) is 1.87. The zero-order valence-electron chi connectivity index (χ0n) is 7.61. The smallest absolute Gasteiger partial charge is 0.257 e. The van der Waals surface area contributed by atoms with Crippen LogP contribution in [-0.4, -0.2) is 25.2 Å². The molecule has 6 heteroatoms. The van der Waals surface area contributed by atoms with Crippen LogP contribution in [-0.2, 0) is 10.0 Å². The minimum Gasteiger partial charge on any atom is -0.266 e. The van der Waals surface area contributed by atoms with Gasteiger partial charge in [0.1, 0.15) is 0 Å². The number of rotatable bonds is 4. The third-order valence-electron chi connectivity index (χ3n) is 1.45. The summed E-state index contributed by atoms with van der Waals surface area (Å²) in [6, 6.07) is 1.42. The average Bonchev–Trinajstić information content (AvgIpc) is 2.53. The van der Waals surface area contributed by atoms with Gasteiger partial charge in [-0.25, -0.2) is 13.1 Å². The van der Waals surface area contributed by atoms with Crippen LogP contribution in [0.4, 0.5) is 0 Å². The Morgan fingerprint density at radius 2 is 2.31 bits per heavy atom. The van der Waals surface area contributed by atoms with Crippen molar-refractivity contribution in [2.45, 2.75) is 18.9 Å². The Bertz CT molecular complexity index is 342. The molecular weight excluding hydrogens is 190 g/mol. The molecule has 1 aromatic rings. The Hall–Kier alpha value is -0.880. The molecular formula is C7H13N3O2S. The van der Waals surface area contributed by atoms with Crippen LogP contribution in [0.5, 0.6) is 0 Å². The molecule has 74 valence electrons. The lowest BCUT2D eigenvalue weighted by molar-refractivity contribution is 0.556. The SMILES string of the molecule is CC(C)CNS(=O)(=O)c1ccn[nH]1. The standard InChI is InChI=1S/C7H13N3O2S/c1-6(2)5-9-13(11,12)7-3-4-8-10-7/h3-4,6,9H,5H2,1-2H3,(H,8,10). The van der Waals surface area contributed by atoms with Crippen LogP contribution in [0.15, 0.2) is 17.3 Å². The maximum atomic E-state index is 11.4. The number of hydrogen-bond donors (Lipinski definition) is 2. The molecule has 2 N–H and O–H groups in total. The Kier molecular flexibility index (Phi) is 3.05. The van der Waals surface area contributed by atoms with Crippen molar-refractivity contribution < 1.29 is 8.42 Å². The molecule has 0 aliphatic rings. The van der Waals surface area contributed by atoms with Crippen molar-refractivity contribution in [3.05, 3.63) is 12.3 Å². The van der Waals surface area contributed by atoms with Crippen LogP contribution >= 0.6 is 0 Å². The summed E-state index contributed by atoms with van der Waals surface area (Å²) in [5.41, 5.74) is 0. The fraction of sp³-hybridized carbons (Fsp3) is 0.571. The van der Waals surface area contributed by atoms with Crippen molar-refractivity contribution in [3.8, 4) is 0 Å². The van der Waals surface area contributed by atoms with E-state index in [0.29, 0.717) is 6.54 Å². The summed E-state index contributed by atoms with van der Waals surface area (Å²) in [6.07, 6.45) is 1.41. The van der Waals surface area contributed by atoms with E-state index in [4.69, 9.17) is 0 Å². The lowest BCUT2D eigenvalue weighted by atomic mass is 10.2. The molecule has 1 rings (SSSR count). The first kappa shape index (κ1) is 10.2. The van der Waals surface area contributed by atoms with Gasteiger partial charge in [0, 0.05) is 6.54 Å². The number of hydrogen-bond acceptors (Lipinski definition) is 3. The van der Waals surface area contributed by atoms with Crippen LogP contribution in [0.2, 0.25) is 0 Å². The molecule has 0 saturated carbocycles. The topological polar surface area (TPSA) is 74.8 Å². The van der Waals surface area contributed by atoms with Crippen molar-refractivity contribution >= 4 is 10.0 Å². The normalized spacial score (nSPS) is 12.2. The predicted molar refractivity (Wildman–Crippen MR) is 48.6 cm³/mol. The highest BCUT2D eigenvalue weighted by Crippen LogP contribution is 2.02. The van der Waals surface area contributed by atoms with Crippen LogP contribution in [0.1, 0.15) is 13.8 Å². The van der Waals surface area contributed by atoms with E-state index in [9.17, 15) is 8.42 Å². The highest BCUT2D eigenvalue weighted by Gasteiger charge is 2.14. The minimum absolute atomic E-state index is 0.105. The Balaban J connectivity index is 2.68. The lowest BCUT2D eigenvalue weighted by Gasteiger charge is -2.06. The molecule has 0 saturated heterocycles. The van der Waals surface area contributed by atoms with Crippen molar-refractivity contribution in [3.63, 3.8) is 0 Å². The second-order valence-electron chi connectivity index (χ2n) is 3.17. The van der Waals surface area contributed by atoms with Crippen LogP contribution in [0, 0.1) is 5.92 Å². The van der Waals surface area contributed by atoms with Gasteiger partial charge in [0.15, 0.2) is 5.03 Å². The Morgan fingerprint density at radius 3 is 2.77 bits per heavy atom. The van der Waals surface area contributed by atoms with E-state index in [1.807, 2.05) is 13.8 Å². The summed E-state index contributed by atoms with van der Waals surface area (Å²) in [5.74, 6) is 0.290. The number of aromatic amines is 1. The van der Waals surface area contributed by atoms with Gasteiger partial charge in [-0.3, -0.25) is 5.10 Å². The van der Waals surface area contributed by atoms with E-state index in [2.05, 4.69) is 14.9 Å². The highest BCUT2D eigenvalue weighted by molar-refractivity contribution is 7.89. The number of nitrogens with one attached hydrogen (secondary N) is 2. The molecule has 0 fully saturated rings. The third kappa shape index (κ3) is 2.82. The van der Waals surface area contributed by atoms with E-state index >= 15 is 0 Å². The second-order valence-corrected chi connectivity index (χ2v) is 4.90. The second kappa shape index (κ2) is 3.89. The Labute approximate surface area is 77.6 Å². The molecule has 1 aromatic heterocycles. The van der Waals surface area contributed by atoms with E-state index in [1.54, 1.807) is 0 Å². The van der Waals surface area contributed by atoms with Gasteiger partial charge in [-0.2, -0.15) is 5.10 Å². The van der Waals surface area contributed by atoms with Gasteiger partial charge in [-0.1, -0.05) is 13.8 Å². The number of sulfonamides is 1. The number of aromatic nitrogens is 2. The summed E-state index contributed by atoms with van der Waals surface area (Å²) in [7, 11) is -3.38. The molecule has 13 heavy (non-hydrogen) atoms. The summed E-state index contributed by atoms with van der Waals surface area (Å²) in [6.45, 7) is 4.31. The molecule has 0 spiro atoms. The summed E-state index contributed by atoms with van der Waals surface area (Å²) < 4.78 is 25.3. The fourth-order valence-electron chi connectivity index (χ4n) is 0.747. The van der Waals surface area contributed by atoms with E-state index < -0.39 is 10.0 Å². The summed E-state index contributed by atoms with van der Waals surface area (Å²) >= 11 is 0. The molecule has 1 heterocycles. The van der Waals surface area contributed by atoms with E-state index in [1.165, 1.54) is 12.3 Å². The maximum absolute atomic E-state index is 11.4. The first-order valence-corrected chi connectivity index (χ1v) is 5.50. The predicted octanol–water partition coefficient (Wildman–Crippen LogP) is 0.344. The molecule has 0 amide bonds. The third-order valence-corrected chi connectivity index (χ3v) is 2.80. The Morgan fingerprint density at radius 1 is 1.62 bits per heavy atom. The van der Waals surface area contributed by atoms with Gasteiger partial charge in [0.2, 0.25) is 0 Å². The minimum atomic E-state index is -3.38. The first-order valence-electron chi connectivity index (χ1n) is 4.01. The molecule has 0 aromatic carbocycles. The molecule has 5 nitrogen and oxygen atoms in total. The van der Waals surface area contributed by atoms with Crippen LogP contribution in [0.3, 0.4) is 0 Å². The zero-order valence-corrected chi connectivity index (χ0v) is 8.43. The number of H-pyrrole nitrogens is 1. The largest absolute Gasteiger partial charge is 0.266 e. The van der Waals surface area contributed by atoms with E-state index in [0.717, 1.165) is 0 Å².